The van der Waals surface area contributed by atoms with Crippen molar-refractivity contribution in [2.24, 2.45) is 0 Å². The number of terminal acetylenes is 1. The Morgan fingerprint density at radius 3 is 2.79 bits per heavy atom. The summed E-state index contributed by atoms with van der Waals surface area (Å²) in [5.41, 5.74) is 4.38. The normalized spacial score (nSPS) is 10.5. The molecule has 19 heavy (non-hydrogen) atoms. The zero-order valence-electron chi connectivity index (χ0n) is 10.8. The Hall–Kier alpha value is -2.53. The quantitative estimate of drug-likeness (QED) is 0.631. The van der Waals surface area contributed by atoms with Gasteiger partial charge in [0.15, 0.2) is 0 Å². The first-order chi connectivity index (χ1) is 9.29. The second-order valence-electron chi connectivity index (χ2n) is 4.58. The highest BCUT2D eigenvalue weighted by Gasteiger charge is 2.11. The second-order valence-corrected chi connectivity index (χ2v) is 4.58. The van der Waals surface area contributed by atoms with Crippen LogP contribution in [0.2, 0.25) is 0 Å². The summed E-state index contributed by atoms with van der Waals surface area (Å²) < 4.78 is 2.09. The van der Waals surface area contributed by atoms with Gasteiger partial charge in [-0.05, 0) is 25.1 Å². The summed E-state index contributed by atoms with van der Waals surface area (Å²) in [5.74, 6) is 3.64. The summed E-state index contributed by atoms with van der Waals surface area (Å²) in [6.07, 6.45) is 5.49. The molecule has 0 saturated heterocycles. The molecule has 0 atom stereocenters. The van der Waals surface area contributed by atoms with Crippen molar-refractivity contribution in [2.45, 2.75) is 13.5 Å². The van der Waals surface area contributed by atoms with Crippen LogP contribution >= 0.6 is 0 Å². The average molecular weight is 246 g/mol. The van der Waals surface area contributed by atoms with Gasteiger partial charge in [0.2, 0.25) is 0 Å². The summed E-state index contributed by atoms with van der Waals surface area (Å²) >= 11 is 0. The Labute approximate surface area is 112 Å². The molecule has 92 valence electrons. The molecule has 2 heteroatoms. The van der Waals surface area contributed by atoms with E-state index in [1.807, 2.05) is 24.3 Å². The van der Waals surface area contributed by atoms with Crippen molar-refractivity contribution in [1.29, 1.82) is 0 Å². The number of nitrogens with zero attached hydrogens (tertiary/aromatic N) is 2. The molecule has 0 N–H and O–H groups in total. The number of aromatic nitrogens is 2. The number of para-hydroxylation sites is 2. The molecule has 0 unspecified atom stereocenters. The fourth-order valence-corrected chi connectivity index (χ4v) is 2.33. The molecular formula is C17H14N2. The van der Waals surface area contributed by atoms with Gasteiger partial charge in [-0.3, -0.25) is 0 Å². The Balaban J connectivity index is 2.28. The van der Waals surface area contributed by atoms with E-state index in [0.29, 0.717) is 6.54 Å². The predicted molar refractivity (Wildman–Crippen MR) is 78.7 cm³/mol. The zero-order valence-corrected chi connectivity index (χ0v) is 10.8. The van der Waals surface area contributed by atoms with E-state index >= 15 is 0 Å². The summed E-state index contributed by atoms with van der Waals surface area (Å²) in [5, 5.41) is 0. The van der Waals surface area contributed by atoms with Gasteiger partial charge in [0.05, 0.1) is 17.6 Å². The van der Waals surface area contributed by atoms with Crippen molar-refractivity contribution in [3.8, 4) is 23.7 Å². The SMILES string of the molecule is C#CCn1c(-c2cccc(C)c2)nc2ccccc21. The summed E-state index contributed by atoms with van der Waals surface area (Å²) in [7, 11) is 0. The molecule has 0 saturated carbocycles. The molecule has 0 aliphatic carbocycles. The van der Waals surface area contributed by atoms with Crippen LogP contribution in [0.5, 0.6) is 0 Å². The molecule has 2 aromatic carbocycles. The van der Waals surface area contributed by atoms with Crippen LogP contribution in [-0.2, 0) is 6.54 Å². The number of fused-ring (bicyclic) bond motifs is 1. The third-order valence-electron chi connectivity index (χ3n) is 3.18. The van der Waals surface area contributed by atoms with Gasteiger partial charge in [-0.15, -0.1) is 6.42 Å². The lowest BCUT2D eigenvalue weighted by Gasteiger charge is -2.06. The number of aryl methyl sites for hydroxylation is 1. The van der Waals surface area contributed by atoms with Gasteiger partial charge in [-0.25, -0.2) is 4.98 Å². The van der Waals surface area contributed by atoms with Crippen molar-refractivity contribution in [1.82, 2.24) is 9.55 Å². The molecule has 3 aromatic rings. The second kappa shape index (κ2) is 4.62. The molecule has 3 rings (SSSR count). The van der Waals surface area contributed by atoms with Crippen molar-refractivity contribution in [3.63, 3.8) is 0 Å². The molecule has 0 aliphatic rings. The fourth-order valence-electron chi connectivity index (χ4n) is 2.33. The Morgan fingerprint density at radius 2 is 2.00 bits per heavy atom. The van der Waals surface area contributed by atoms with Gasteiger partial charge in [-0.1, -0.05) is 41.8 Å². The molecule has 1 aromatic heterocycles. The smallest absolute Gasteiger partial charge is 0.141 e. The first-order valence-electron chi connectivity index (χ1n) is 6.25. The van der Waals surface area contributed by atoms with E-state index in [2.05, 4.69) is 41.7 Å². The largest absolute Gasteiger partial charge is 0.312 e. The molecule has 0 fully saturated rings. The molecule has 0 bridgehead atoms. The van der Waals surface area contributed by atoms with Gasteiger partial charge in [-0.2, -0.15) is 0 Å². The van der Waals surface area contributed by atoms with E-state index in [1.54, 1.807) is 0 Å². The summed E-state index contributed by atoms with van der Waals surface area (Å²) in [6, 6.07) is 16.4. The monoisotopic (exact) mass is 246 g/mol. The lowest BCUT2D eigenvalue weighted by atomic mass is 10.1. The van der Waals surface area contributed by atoms with Gasteiger partial charge >= 0.3 is 0 Å². The Bertz CT molecular complexity index is 775. The standard InChI is InChI=1S/C17H14N2/c1-3-11-19-16-10-5-4-9-15(16)18-17(19)14-8-6-7-13(2)12-14/h1,4-10,12H,11H2,2H3. The van der Waals surface area contributed by atoms with Crippen LogP contribution in [0.3, 0.4) is 0 Å². The molecule has 1 heterocycles. The van der Waals surface area contributed by atoms with Crippen LogP contribution < -0.4 is 0 Å². The van der Waals surface area contributed by atoms with Gasteiger partial charge in [0, 0.05) is 5.56 Å². The molecule has 0 aliphatic heterocycles. The minimum Gasteiger partial charge on any atom is -0.312 e. The van der Waals surface area contributed by atoms with Crippen LogP contribution in [0.4, 0.5) is 0 Å². The Morgan fingerprint density at radius 1 is 1.16 bits per heavy atom. The van der Waals surface area contributed by atoms with Crippen molar-refractivity contribution in [3.05, 3.63) is 54.1 Å². The highest BCUT2D eigenvalue weighted by molar-refractivity contribution is 5.80. The first-order valence-corrected chi connectivity index (χ1v) is 6.25. The van der Waals surface area contributed by atoms with Gasteiger partial charge in [0.1, 0.15) is 5.82 Å². The first kappa shape index (κ1) is 11.6. The van der Waals surface area contributed by atoms with Crippen molar-refractivity contribution >= 4 is 11.0 Å². The molecule has 0 amide bonds. The third kappa shape index (κ3) is 2.00. The molecule has 2 nitrogen and oxygen atoms in total. The van der Waals surface area contributed by atoms with Crippen LogP contribution in [0.1, 0.15) is 5.56 Å². The molecule has 0 spiro atoms. The lowest BCUT2D eigenvalue weighted by Crippen LogP contribution is -1.98. The number of benzene rings is 2. The van der Waals surface area contributed by atoms with Crippen molar-refractivity contribution < 1.29 is 0 Å². The molecule has 0 radical (unpaired) electrons. The van der Waals surface area contributed by atoms with Gasteiger partial charge in [0.25, 0.3) is 0 Å². The summed E-state index contributed by atoms with van der Waals surface area (Å²) in [4.78, 5) is 4.71. The lowest BCUT2D eigenvalue weighted by molar-refractivity contribution is 0.882. The summed E-state index contributed by atoms with van der Waals surface area (Å²) in [6.45, 7) is 2.61. The van der Waals surface area contributed by atoms with Crippen molar-refractivity contribution in [2.75, 3.05) is 0 Å². The molecular weight excluding hydrogens is 232 g/mol. The predicted octanol–water partition coefficient (Wildman–Crippen LogP) is 3.64. The van der Waals surface area contributed by atoms with E-state index in [-0.39, 0.29) is 0 Å². The highest BCUT2D eigenvalue weighted by Crippen LogP contribution is 2.25. The van der Waals surface area contributed by atoms with Crippen LogP contribution in [0, 0.1) is 19.3 Å². The average Bonchev–Trinajstić information content (AvgIpc) is 2.79. The maximum atomic E-state index is 5.49. The maximum Gasteiger partial charge on any atom is 0.141 e. The number of imidazole rings is 1. The minimum absolute atomic E-state index is 0.532. The fraction of sp³-hybridized carbons (Fsp3) is 0.118. The van der Waals surface area contributed by atoms with E-state index in [9.17, 15) is 0 Å². The van der Waals surface area contributed by atoms with E-state index in [1.165, 1.54) is 5.56 Å². The number of hydrogen-bond acceptors (Lipinski definition) is 1. The van der Waals surface area contributed by atoms with Crippen LogP contribution in [0.25, 0.3) is 22.4 Å². The van der Waals surface area contributed by atoms with E-state index in [4.69, 9.17) is 11.4 Å². The van der Waals surface area contributed by atoms with E-state index in [0.717, 1.165) is 22.4 Å². The number of rotatable bonds is 2. The van der Waals surface area contributed by atoms with Crippen LogP contribution in [-0.4, -0.2) is 9.55 Å². The van der Waals surface area contributed by atoms with E-state index < -0.39 is 0 Å². The highest BCUT2D eigenvalue weighted by atomic mass is 15.1. The topological polar surface area (TPSA) is 17.8 Å². The van der Waals surface area contributed by atoms with Crippen LogP contribution in [0.15, 0.2) is 48.5 Å². The third-order valence-corrected chi connectivity index (χ3v) is 3.18. The number of hydrogen-bond donors (Lipinski definition) is 0. The Kier molecular flexibility index (Phi) is 2.81. The van der Waals surface area contributed by atoms with Gasteiger partial charge < -0.3 is 4.57 Å². The maximum absolute atomic E-state index is 5.49. The zero-order chi connectivity index (χ0) is 13.2. The minimum atomic E-state index is 0.532.